The molecule has 3 rings (SSSR count). The molecule has 0 amide bonds. The molecule has 0 bridgehead atoms. The Morgan fingerprint density at radius 2 is 1.94 bits per heavy atom. The van der Waals surface area contributed by atoms with Gasteiger partial charge in [-0.2, -0.15) is 0 Å². The molecular formula is C12H12N6. The first-order chi connectivity index (χ1) is 8.78. The largest absolute Gasteiger partial charge is 0.382 e. The molecule has 0 spiro atoms. The Balaban J connectivity index is 2.21. The van der Waals surface area contributed by atoms with Gasteiger partial charge in [0.15, 0.2) is 17.3 Å². The maximum atomic E-state index is 5.91. The fourth-order valence-electron chi connectivity index (χ4n) is 1.77. The van der Waals surface area contributed by atoms with Gasteiger partial charge in [0.2, 0.25) is 0 Å². The minimum atomic E-state index is 0.391. The van der Waals surface area contributed by atoms with E-state index in [-0.39, 0.29) is 0 Å². The number of aromatic amines is 1. The Kier molecular flexibility index (Phi) is 2.40. The third-order valence-corrected chi connectivity index (χ3v) is 2.69. The van der Waals surface area contributed by atoms with E-state index in [0.717, 1.165) is 17.8 Å². The van der Waals surface area contributed by atoms with E-state index >= 15 is 0 Å². The van der Waals surface area contributed by atoms with E-state index in [0.29, 0.717) is 22.8 Å². The van der Waals surface area contributed by atoms with Crippen molar-refractivity contribution in [1.29, 1.82) is 0 Å². The number of imidazole rings is 1. The normalized spacial score (nSPS) is 10.9. The van der Waals surface area contributed by atoms with Gasteiger partial charge in [-0.1, -0.05) is 6.92 Å². The molecule has 0 aliphatic heterocycles. The van der Waals surface area contributed by atoms with Crippen LogP contribution >= 0.6 is 0 Å². The van der Waals surface area contributed by atoms with Gasteiger partial charge in [0, 0.05) is 24.4 Å². The van der Waals surface area contributed by atoms with Gasteiger partial charge in [0.1, 0.15) is 11.3 Å². The second-order valence-corrected chi connectivity index (χ2v) is 3.90. The van der Waals surface area contributed by atoms with Crippen LogP contribution in [0.25, 0.3) is 22.6 Å². The lowest BCUT2D eigenvalue weighted by atomic mass is 10.2. The minimum Gasteiger partial charge on any atom is -0.382 e. The number of nitrogens with zero attached hydrogens (tertiary/aromatic N) is 4. The summed E-state index contributed by atoms with van der Waals surface area (Å²) < 4.78 is 0. The number of nitrogen functional groups attached to an aromatic ring is 1. The third kappa shape index (κ3) is 1.67. The first-order valence-electron chi connectivity index (χ1n) is 5.70. The monoisotopic (exact) mass is 240 g/mol. The molecular weight excluding hydrogens is 228 g/mol. The van der Waals surface area contributed by atoms with E-state index in [4.69, 9.17) is 5.73 Å². The van der Waals surface area contributed by atoms with Crippen molar-refractivity contribution in [3.8, 4) is 11.4 Å². The van der Waals surface area contributed by atoms with E-state index < -0.39 is 0 Å². The van der Waals surface area contributed by atoms with Crippen molar-refractivity contribution in [3.63, 3.8) is 0 Å². The molecule has 0 aliphatic carbocycles. The zero-order valence-electron chi connectivity index (χ0n) is 9.88. The van der Waals surface area contributed by atoms with Crippen molar-refractivity contribution >= 4 is 17.0 Å². The fourth-order valence-corrected chi connectivity index (χ4v) is 1.77. The van der Waals surface area contributed by atoms with Crippen molar-refractivity contribution in [2.75, 3.05) is 5.73 Å². The molecule has 3 aromatic heterocycles. The number of aromatic nitrogens is 5. The SMILES string of the molecule is CCc1nc2c(N)nc(-c3ccncc3)nc2[nH]1. The number of H-pyrrole nitrogens is 1. The Hall–Kier alpha value is -2.50. The standard InChI is InChI=1S/C12H12N6/c1-2-8-15-9-10(13)17-11(18-12(9)16-8)7-3-5-14-6-4-7/h3-6H,2H2,1H3,(H3,13,15,16,17,18). The van der Waals surface area contributed by atoms with Gasteiger partial charge in [0.05, 0.1) is 0 Å². The summed E-state index contributed by atoms with van der Waals surface area (Å²) in [6, 6.07) is 3.69. The van der Waals surface area contributed by atoms with Crippen molar-refractivity contribution in [1.82, 2.24) is 24.9 Å². The summed E-state index contributed by atoms with van der Waals surface area (Å²) in [4.78, 5) is 20.2. The zero-order chi connectivity index (χ0) is 12.5. The molecule has 0 radical (unpaired) electrons. The van der Waals surface area contributed by atoms with Crippen molar-refractivity contribution in [2.24, 2.45) is 0 Å². The molecule has 0 saturated carbocycles. The molecule has 6 nitrogen and oxygen atoms in total. The number of nitrogens with one attached hydrogen (secondary N) is 1. The average molecular weight is 240 g/mol. The number of hydrogen-bond acceptors (Lipinski definition) is 5. The molecule has 0 atom stereocenters. The predicted molar refractivity (Wildman–Crippen MR) is 68.7 cm³/mol. The number of hydrogen-bond donors (Lipinski definition) is 2. The van der Waals surface area contributed by atoms with Crippen LogP contribution in [-0.2, 0) is 6.42 Å². The van der Waals surface area contributed by atoms with Crippen LogP contribution in [0.4, 0.5) is 5.82 Å². The first kappa shape index (κ1) is 10.6. The van der Waals surface area contributed by atoms with E-state index in [2.05, 4.69) is 24.9 Å². The van der Waals surface area contributed by atoms with E-state index in [1.807, 2.05) is 19.1 Å². The average Bonchev–Trinajstić information content (AvgIpc) is 2.83. The van der Waals surface area contributed by atoms with Crippen LogP contribution in [0.3, 0.4) is 0 Å². The summed E-state index contributed by atoms with van der Waals surface area (Å²) in [5.41, 5.74) is 8.10. The highest BCUT2D eigenvalue weighted by Gasteiger charge is 2.10. The highest BCUT2D eigenvalue weighted by Crippen LogP contribution is 2.21. The van der Waals surface area contributed by atoms with Gasteiger partial charge in [-0.05, 0) is 12.1 Å². The van der Waals surface area contributed by atoms with Crippen LogP contribution in [-0.4, -0.2) is 24.9 Å². The molecule has 0 aliphatic rings. The van der Waals surface area contributed by atoms with Gasteiger partial charge in [-0.3, -0.25) is 4.98 Å². The fraction of sp³-hybridized carbons (Fsp3) is 0.167. The second-order valence-electron chi connectivity index (χ2n) is 3.90. The molecule has 0 saturated heterocycles. The van der Waals surface area contributed by atoms with Crippen molar-refractivity contribution < 1.29 is 0 Å². The Bertz CT molecular complexity index is 688. The van der Waals surface area contributed by atoms with Crippen LogP contribution in [0.15, 0.2) is 24.5 Å². The summed E-state index contributed by atoms with van der Waals surface area (Å²) in [6.07, 6.45) is 4.20. The van der Waals surface area contributed by atoms with E-state index in [9.17, 15) is 0 Å². The van der Waals surface area contributed by atoms with Gasteiger partial charge >= 0.3 is 0 Å². The molecule has 3 heterocycles. The second kappa shape index (κ2) is 4.06. The lowest BCUT2D eigenvalue weighted by Crippen LogP contribution is -1.97. The van der Waals surface area contributed by atoms with E-state index in [1.165, 1.54) is 0 Å². The van der Waals surface area contributed by atoms with Gasteiger partial charge in [-0.15, -0.1) is 0 Å². The topological polar surface area (TPSA) is 93.4 Å². The maximum absolute atomic E-state index is 5.91. The highest BCUT2D eigenvalue weighted by molar-refractivity contribution is 5.83. The third-order valence-electron chi connectivity index (χ3n) is 2.69. The zero-order valence-corrected chi connectivity index (χ0v) is 9.88. The molecule has 90 valence electrons. The molecule has 3 N–H and O–H groups in total. The van der Waals surface area contributed by atoms with Gasteiger partial charge in [0.25, 0.3) is 0 Å². The predicted octanol–water partition coefficient (Wildman–Crippen LogP) is 1.56. The molecule has 0 aromatic carbocycles. The van der Waals surface area contributed by atoms with Crippen molar-refractivity contribution in [3.05, 3.63) is 30.4 Å². The highest BCUT2D eigenvalue weighted by atomic mass is 15.1. The number of pyridine rings is 1. The van der Waals surface area contributed by atoms with Crippen LogP contribution < -0.4 is 5.73 Å². The Morgan fingerprint density at radius 1 is 1.17 bits per heavy atom. The molecule has 0 fully saturated rings. The summed E-state index contributed by atoms with van der Waals surface area (Å²) >= 11 is 0. The minimum absolute atomic E-state index is 0.391. The number of rotatable bonds is 2. The van der Waals surface area contributed by atoms with E-state index in [1.54, 1.807) is 12.4 Å². The first-order valence-corrected chi connectivity index (χ1v) is 5.70. The van der Waals surface area contributed by atoms with Gasteiger partial charge in [-0.25, -0.2) is 15.0 Å². The summed E-state index contributed by atoms with van der Waals surface area (Å²) in [5.74, 6) is 1.83. The summed E-state index contributed by atoms with van der Waals surface area (Å²) in [6.45, 7) is 2.02. The number of fused-ring (bicyclic) bond motifs is 1. The number of aryl methyl sites for hydroxylation is 1. The van der Waals surface area contributed by atoms with Crippen LogP contribution in [0, 0.1) is 0 Å². The van der Waals surface area contributed by atoms with Crippen LogP contribution in [0.5, 0.6) is 0 Å². The lowest BCUT2D eigenvalue weighted by Gasteiger charge is -2.00. The maximum Gasteiger partial charge on any atom is 0.164 e. The van der Waals surface area contributed by atoms with Crippen LogP contribution in [0.2, 0.25) is 0 Å². The van der Waals surface area contributed by atoms with Gasteiger partial charge < -0.3 is 10.7 Å². The lowest BCUT2D eigenvalue weighted by molar-refractivity contribution is 0.998. The smallest absolute Gasteiger partial charge is 0.164 e. The Morgan fingerprint density at radius 3 is 2.67 bits per heavy atom. The quantitative estimate of drug-likeness (QED) is 0.709. The number of nitrogens with two attached hydrogens (primary N) is 1. The van der Waals surface area contributed by atoms with Crippen molar-refractivity contribution in [2.45, 2.75) is 13.3 Å². The molecule has 6 heteroatoms. The molecule has 0 unspecified atom stereocenters. The summed E-state index contributed by atoms with van der Waals surface area (Å²) in [7, 11) is 0. The molecule has 3 aromatic rings. The van der Waals surface area contributed by atoms with Crippen LogP contribution in [0.1, 0.15) is 12.7 Å². The number of anilines is 1. The Labute approximate surface area is 103 Å². The molecule has 18 heavy (non-hydrogen) atoms. The summed E-state index contributed by atoms with van der Waals surface area (Å²) in [5, 5.41) is 0.